The zero-order valence-electron chi connectivity index (χ0n) is 8.53. The van der Waals surface area contributed by atoms with E-state index in [1.54, 1.807) is 0 Å². The highest BCUT2D eigenvalue weighted by Crippen LogP contribution is 2.22. The summed E-state index contributed by atoms with van der Waals surface area (Å²) in [5.74, 6) is -1.89. The summed E-state index contributed by atoms with van der Waals surface area (Å²) in [5.41, 5.74) is -1.85. The summed E-state index contributed by atoms with van der Waals surface area (Å²) in [6.45, 7) is 2.38. The highest BCUT2D eigenvalue weighted by Gasteiger charge is 2.18. The van der Waals surface area contributed by atoms with Crippen LogP contribution < -0.4 is 5.43 Å². The van der Waals surface area contributed by atoms with E-state index < -0.39 is 34.0 Å². The van der Waals surface area contributed by atoms with Crippen LogP contribution in [0.15, 0.2) is 15.3 Å². The Bertz CT molecular complexity index is 639. The smallest absolute Gasteiger partial charge is 0.285 e. The third-order valence-electron chi connectivity index (χ3n) is 2.47. The topological polar surface area (TPSA) is 30.2 Å². The van der Waals surface area contributed by atoms with Crippen LogP contribution >= 0.6 is 0 Å². The maximum atomic E-state index is 13.6. The van der Waals surface area contributed by atoms with Gasteiger partial charge in [0.2, 0.25) is 5.43 Å². The highest BCUT2D eigenvalue weighted by atomic mass is 19.1. The van der Waals surface area contributed by atoms with Crippen LogP contribution in [0.1, 0.15) is 11.1 Å². The number of hydrogen-bond acceptors (Lipinski definition) is 2. The van der Waals surface area contributed by atoms with Crippen molar-refractivity contribution in [1.29, 1.82) is 0 Å². The van der Waals surface area contributed by atoms with Gasteiger partial charge in [-0.3, -0.25) is 4.79 Å². The molecular weight excluding hydrogens is 221 g/mol. The van der Waals surface area contributed by atoms with Crippen LogP contribution in [-0.2, 0) is 0 Å². The first-order valence-electron chi connectivity index (χ1n) is 4.51. The lowest BCUT2D eigenvalue weighted by molar-refractivity contribution is 0.362. The SMILES string of the molecule is Cc1c(F)cc2oc(F)c(C)c(=O)c2c1F. The second kappa shape index (κ2) is 3.37. The molecule has 0 fully saturated rings. The zero-order valence-corrected chi connectivity index (χ0v) is 8.53. The molecule has 5 heteroatoms. The van der Waals surface area contributed by atoms with Crippen molar-refractivity contribution in [2.75, 3.05) is 0 Å². The second-order valence-corrected chi connectivity index (χ2v) is 3.50. The van der Waals surface area contributed by atoms with Crippen molar-refractivity contribution in [3.05, 3.63) is 45.1 Å². The highest BCUT2D eigenvalue weighted by molar-refractivity contribution is 5.78. The van der Waals surface area contributed by atoms with Gasteiger partial charge in [-0.25, -0.2) is 8.78 Å². The van der Waals surface area contributed by atoms with E-state index in [-0.39, 0.29) is 11.1 Å². The van der Waals surface area contributed by atoms with Gasteiger partial charge in [-0.15, -0.1) is 0 Å². The number of hydrogen-bond donors (Lipinski definition) is 0. The molecule has 0 aliphatic carbocycles. The van der Waals surface area contributed by atoms with E-state index in [9.17, 15) is 18.0 Å². The van der Waals surface area contributed by atoms with Crippen LogP contribution in [0, 0.1) is 31.5 Å². The Morgan fingerprint density at radius 3 is 2.38 bits per heavy atom. The predicted octanol–water partition coefficient (Wildman–Crippen LogP) is 2.83. The minimum atomic E-state index is -1.12. The van der Waals surface area contributed by atoms with E-state index in [0.717, 1.165) is 6.07 Å². The fourth-order valence-corrected chi connectivity index (χ4v) is 1.44. The molecular formula is C11H7F3O2. The summed E-state index contributed by atoms with van der Waals surface area (Å²) in [6, 6.07) is -0.322. The predicted molar refractivity (Wildman–Crippen MR) is 51.8 cm³/mol. The maximum Gasteiger partial charge on any atom is 0.285 e. The van der Waals surface area contributed by atoms with E-state index in [1.807, 2.05) is 0 Å². The summed E-state index contributed by atoms with van der Waals surface area (Å²) < 4.78 is 44.4. The number of rotatable bonds is 0. The third kappa shape index (κ3) is 1.31. The molecule has 0 atom stereocenters. The Balaban J connectivity index is 3.10. The monoisotopic (exact) mass is 228 g/mol. The lowest BCUT2D eigenvalue weighted by Gasteiger charge is -2.04. The first-order valence-corrected chi connectivity index (χ1v) is 4.51. The van der Waals surface area contributed by atoms with Crippen molar-refractivity contribution in [3.63, 3.8) is 0 Å². The molecule has 0 aliphatic heterocycles. The molecule has 1 aromatic carbocycles. The number of halogens is 3. The summed E-state index contributed by atoms with van der Waals surface area (Å²) in [6.07, 6.45) is 0. The molecule has 0 saturated heterocycles. The van der Waals surface area contributed by atoms with Crippen LogP contribution in [0.25, 0.3) is 11.0 Å². The molecule has 0 unspecified atom stereocenters. The first-order chi connectivity index (χ1) is 7.43. The van der Waals surface area contributed by atoms with E-state index >= 15 is 0 Å². The molecule has 2 rings (SSSR count). The van der Waals surface area contributed by atoms with Crippen LogP contribution in [0.4, 0.5) is 13.2 Å². The van der Waals surface area contributed by atoms with E-state index in [4.69, 9.17) is 0 Å². The molecule has 2 nitrogen and oxygen atoms in total. The van der Waals surface area contributed by atoms with Gasteiger partial charge >= 0.3 is 0 Å². The van der Waals surface area contributed by atoms with Gasteiger partial charge in [0.1, 0.15) is 22.6 Å². The fourth-order valence-electron chi connectivity index (χ4n) is 1.44. The summed E-state index contributed by atoms with van der Waals surface area (Å²) in [4.78, 5) is 11.6. The second-order valence-electron chi connectivity index (χ2n) is 3.50. The Kier molecular flexibility index (Phi) is 2.26. The number of benzene rings is 1. The Morgan fingerprint density at radius 2 is 1.75 bits per heavy atom. The Morgan fingerprint density at radius 1 is 1.12 bits per heavy atom. The lowest BCUT2D eigenvalue weighted by atomic mass is 10.1. The van der Waals surface area contributed by atoms with Crippen molar-refractivity contribution >= 4 is 11.0 Å². The molecule has 1 heterocycles. The zero-order chi connectivity index (χ0) is 12.0. The molecule has 16 heavy (non-hydrogen) atoms. The molecule has 0 spiro atoms. The maximum absolute atomic E-state index is 13.6. The van der Waals surface area contributed by atoms with Crippen molar-refractivity contribution < 1.29 is 17.6 Å². The van der Waals surface area contributed by atoms with E-state index in [2.05, 4.69) is 4.42 Å². The van der Waals surface area contributed by atoms with Crippen molar-refractivity contribution in [1.82, 2.24) is 0 Å². The molecule has 0 aliphatic rings. The normalized spacial score (nSPS) is 11.1. The molecule has 84 valence electrons. The van der Waals surface area contributed by atoms with E-state index in [1.165, 1.54) is 13.8 Å². The van der Waals surface area contributed by atoms with Gasteiger partial charge in [0.25, 0.3) is 6.01 Å². The average molecular weight is 228 g/mol. The minimum Gasteiger partial charge on any atom is -0.430 e. The van der Waals surface area contributed by atoms with Crippen LogP contribution in [0.2, 0.25) is 0 Å². The van der Waals surface area contributed by atoms with Crippen molar-refractivity contribution in [2.45, 2.75) is 13.8 Å². The molecule has 0 bridgehead atoms. The van der Waals surface area contributed by atoms with Crippen molar-refractivity contribution in [2.24, 2.45) is 0 Å². The Labute approximate surface area is 88.3 Å². The number of fused-ring (bicyclic) bond motifs is 1. The van der Waals surface area contributed by atoms with Gasteiger partial charge in [-0.2, -0.15) is 4.39 Å². The first kappa shape index (κ1) is 10.7. The molecule has 1 aromatic heterocycles. The molecule has 0 radical (unpaired) electrons. The molecule has 0 N–H and O–H groups in total. The van der Waals surface area contributed by atoms with Gasteiger partial charge in [-0.05, 0) is 13.8 Å². The lowest BCUT2D eigenvalue weighted by Crippen LogP contribution is -2.11. The molecule has 2 aromatic rings. The van der Waals surface area contributed by atoms with Gasteiger partial charge in [0, 0.05) is 11.6 Å². The summed E-state index contributed by atoms with van der Waals surface area (Å²) in [7, 11) is 0. The molecule has 0 saturated carbocycles. The van der Waals surface area contributed by atoms with Crippen LogP contribution in [-0.4, -0.2) is 0 Å². The van der Waals surface area contributed by atoms with Gasteiger partial charge in [0.05, 0.1) is 5.56 Å². The quantitative estimate of drug-likeness (QED) is 0.694. The summed E-state index contributed by atoms with van der Waals surface area (Å²) >= 11 is 0. The van der Waals surface area contributed by atoms with Gasteiger partial charge < -0.3 is 4.42 Å². The standard InChI is InChI=1S/C11H7F3O2/c1-4-6(12)3-7-8(9(4)13)10(15)5(2)11(14)16-7/h3H,1-2H3. The third-order valence-corrected chi connectivity index (χ3v) is 2.47. The average Bonchev–Trinajstić information content (AvgIpc) is 2.23. The largest absolute Gasteiger partial charge is 0.430 e. The Hall–Kier alpha value is -1.78. The fraction of sp³-hybridized carbons (Fsp3) is 0.182. The van der Waals surface area contributed by atoms with Crippen LogP contribution in [0.5, 0.6) is 0 Å². The minimum absolute atomic E-state index is 0.286. The van der Waals surface area contributed by atoms with Gasteiger partial charge in [-0.1, -0.05) is 0 Å². The summed E-state index contributed by atoms with van der Waals surface area (Å²) in [5, 5.41) is -0.419. The van der Waals surface area contributed by atoms with Crippen molar-refractivity contribution in [3.8, 4) is 0 Å². The van der Waals surface area contributed by atoms with Gasteiger partial charge in [0.15, 0.2) is 0 Å². The van der Waals surface area contributed by atoms with Crippen LogP contribution in [0.3, 0.4) is 0 Å². The molecule has 0 amide bonds. The van der Waals surface area contributed by atoms with E-state index in [0.29, 0.717) is 0 Å².